The first-order valence-electron chi connectivity index (χ1n) is 11.1. The van der Waals surface area contributed by atoms with Crippen molar-refractivity contribution in [3.8, 4) is 17.2 Å². The molecule has 0 aliphatic carbocycles. The second-order valence-corrected chi connectivity index (χ2v) is 7.88. The molecule has 0 bridgehead atoms. The number of pyridine rings is 1. The number of hydrogen-bond acceptors (Lipinski definition) is 5. The van der Waals surface area contributed by atoms with Crippen molar-refractivity contribution in [3.05, 3.63) is 84.2 Å². The summed E-state index contributed by atoms with van der Waals surface area (Å²) in [5, 5.41) is 3.13. The molecule has 0 saturated carbocycles. The number of nitrogens with one attached hydrogen (secondary N) is 1. The van der Waals surface area contributed by atoms with Crippen LogP contribution in [0.1, 0.15) is 41.2 Å². The maximum Gasteiger partial charge on any atom is 0.251 e. The highest BCUT2D eigenvalue weighted by molar-refractivity contribution is 5.94. The van der Waals surface area contributed by atoms with E-state index in [1.165, 1.54) is 19.3 Å². The summed E-state index contributed by atoms with van der Waals surface area (Å²) >= 11 is 0. The van der Waals surface area contributed by atoms with E-state index < -0.39 is 0 Å². The minimum atomic E-state index is -0.102. The van der Waals surface area contributed by atoms with E-state index in [0.29, 0.717) is 23.6 Å². The Hall–Kier alpha value is -3.38. The zero-order valence-electron chi connectivity index (χ0n) is 18.4. The second kappa shape index (κ2) is 10.8. The Labute approximate surface area is 189 Å². The van der Waals surface area contributed by atoms with Crippen LogP contribution in [-0.4, -0.2) is 42.5 Å². The summed E-state index contributed by atoms with van der Waals surface area (Å²) in [5.41, 5.74) is 1.71. The number of hydrogen-bond donors (Lipinski definition) is 1. The maximum atomic E-state index is 12.9. The Bertz CT molecular complexity index is 1000. The first kappa shape index (κ1) is 21.8. The maximum absolute atomic E-state index is 12.9. The summed E-state index contributed by atoms with van der Waals surface area (Å²) in [6.07, 6.45) is 6.96. The lowest BCUT2D eigenvalue weighted by molar-refractivity contribution is 0.0923. The lowest BCUT2D eigenvalue weighted by atomic mass is 10.0. The van der Waals surface area contributed by atoms with Gasteiger partial charge in [-0.2, -0.15) is 0 Å². The molecule has 6 nitrogen and oxygen atoms in total. The van der Waals surface area contributed by atoms with Gasteiger partial charge in [-0.3, -0.25) is 14.7 Å². The predicted molar refractivity (Wildman–Crippen MR) is 124 cm³/mol. The van der Waals surface area contributed by atoms with E-state index in [-0.39, 0.29) is 11.9 Å². The molecule has 1 aromatic heterocycles. The third kappa shape index (κ3) is 5.45. The van der Waals surface area contributed by atoms with Gasteiger partial charge in [0, 0.05) is 23.9 Å². The standard InChI is InChI=1S/C26H29N3O3/c1-31-25-10-4-3-9-23(25)24(29-16-5-2-6-17-29)19-28-26(30)20-11-13-21(14-12-20)32-22-8-7-15-27-18-22/h3-4,7-15,18,24H,2,5-6,16-17,19H2,1H3,(H,28,30). The van der Waals surface area contributed by atoms with Crippen LogP contribution < -0.4 is 14.8 Å². The smallest absolute Gasteiger partial charge is 0.251 e. The number of ether oxygens (including phenoxy) is 2. The van der Waals surface area contributed by atoms with Crippen molar-refractivity contribution >= 4 is 5.91 Å². The molecule has 3 aromatic rings. The molecule has 2 heterocycles. The van der Waals surface area contributed by atoms with Crippen molar-refractivity contribution in [2.75, 3.05) is 26.7 Å². The highest BCUT2D eigenvalue weighted by Crippen LogP contribution is 2.31. The molecule has 6 heteroatoms. The highest BCUT2D eigenvalue weighted by atomic mass is 16.5. The van der Waals surface area contributed by atoms with Crippen molar-refractivity contribution < 1.29 is 14.3 Å². The Morgan fingerprint density at radius 3 is 2.50 bits per heavy atom. The van der Waals surface area contributed by atoms with Gasteiger partial charge in [0.1, 0.15) is 17.2 Å². The van der Waals surface area contributed by atoms with Crippen LogP contribution in [0.5, 0.6) is 17.2 Å². The Kier molecular flexibility index (Phi) is 7.35. The number of piperidine rings is 1. The number of amides is 1. The Balaban J connectivity index is 1.43. The van der Waals surface area contributed by atoms with Gasteiger partial charge in [0.2, 0.25) is 0 Å². The zero-order valence-corrected chi connectivity index (χ0v) is 18.4. The average molecular weight is 432 g/mol. The number of benzene rings is 2. The number of carbonyl (C=O) groups is 1. The van der Waals surface area contributed by atoms with Crippen LogP contribution >= 0.6 is 0 Å². The van der Waals surface area contributed by atoms with Gasteiger partial charge < -0.3 is 14.8 Å². The van der Waals surface area contributed by atoms with Gasteiger partial charge in [-0.05, 0) is 68.4 Å². The molecule has 1 amide bonds. The van der Waals surface area contributed by atoms with Gasteiger partial charge in [0.05, 0.1) is 19.3 Å². The lowest BCUT2D eigenvalue weighted by Crippen LogP contribution is -2.40. The molecule has 32 heavy (non-hydrogen) atoms. The third-order valence-corrected chi connectivity index (χ3v) is 5.77. The molecule has 166 valence electrons. The van der Waals surface area contributed by atoms with Crippen LogP contribution in [0.4, 0.5) is 0 Å². The average Bonchev–Trinajstić information content (AvgIpc) is 2.86. The second-order valence-electron chi connectivity index (χ2n) is 7.88. The van der Waals surface area contributed by atoms with Gasteiger partial charge in [0.15, 0.2) is 0 Å². The minimum Gasteiger partial charge on any atom is -0.496 e. The van der Waals surface area contributed by atoms with Crippen LogP contribution in [0.3, 0.4) is 0 Å². The van der Waals surface area contributed by atoms with Crippen molar-refractivity contribution in [1.82, 2.24) is 15.2 Å². The summed E-state index contributed by atoms with van der Waals surface area (Å²) in [4.78, 5) is 19.4. The van der Waals surface area contributed by atoms with Gasteiger partial charge >= 0.3 is 0 Å². The lowest BCUT2D eigenvalue weighted by Gasteiger charge is -2.35. The van der Waals surface area contributed by atoms with Crippen LogP contribution in [0.2, 0.25) is 0 Å². The van der Waals surface area contributed by atoms with Crippen LogP contribution in [0, 0.1) is 0 Å². The van der Waals surface area contributed by atoms with E-state index in [1.807, 2.05) is 30.3 Å². The molecule has 1 fully saturated rings. The minimum absolute atomic E-state index is 0.0728. The third-order valence-electron chi connectivity index (χ3n) is 5.77. The molecule has 2 aromatic carbocycles. The molecule has 1 aliphatic heterocycles. The number of para-hydroxylation sites is 1. The van der Waals surface area contributed by atoms with E-state index in [0.717, 1.165) is 24.4 Å². The molecule has 1 N–H and O–H groups in total. The molecular weight excluding hydrogens is 402 g/mol. The Morgan fingerprint density at radius 1 is 1.00 bits per heavy atom. The number of aromatic nitrogens is 1. The van der Waals surface area contributed by atoms with Gasteiger partial charge in [-0.15, -0.1) is 0 Å². The van der Waals surface area contributed by atoms with E-state index in [9.17, 15) is 4.79 Å². The predicted octanol–water partition coefficient (Wildman–Crippen LogP) is 4.84. The largest absolute Gasteiger partial charge is 0.496 e. The van der Waals surface area contributed by atoms with E-state index in [4.69, 9.17) is 9.47 Å². The van der Waals surface area contributed by atoms with Gasteiger partial charge in [0.25, 0.3) is 5.91 Å². The molecule has 1 unspecified atom stereocenters. The van der Waals surface area contributed by atoms with E-state index in [1.54, 1.807) is 43.8 Å². The molecule has 4 rings (SSSR count). The monoisotopic (exact) mass is 431 g/mol. The number of nitrogens with zero attached hydrogens (tertiary/aromatic N) is 2. The van der Waals surface area contributed by atoms with Crippen molar-refractivity contribution in [2.45, 2.75) is 25.3 Å². The normalized spacial score (nSPS) is 15.0. The zero-order chi connectivity index (χ0) is 22.2. The molecular formula is C26H29N3O3. The number of carbonyl (C=O) groups excluding carboxylic acids is 1. The number of methoxy groups -OCH3 is 1. The van der Waals surface area contributed by atoms with Crippen LogP contribution in [0.25, 0.3) is 0 Å². The summed E-state index contributed by atoms with van der Waals surface area (Å²) in [6, 6.07) is 19.0. The van der Waals surface area contributed by atoms with Crippen molar-refractivity contribution in [3.63, 3.8) is 0 Å². The van der Waals surface area contributed by atoms with Gasteiger partial charge in [-0.1, -0.05) is 24.6 Å². The summed E-state index contributed by atoms with van der Waals surface area (Å²) in [5.74, 6) is 2.07. The fourth-order valence-electron chi connectivity index (χ4n) is 4.12. The summed E-state index contributed by atoms with van der Waals surface area (Å²) in [6.45, 7) is 2.57. The summed E-state index contributed by atoms with van der Waals surface area (Å²) < 4.78 is 11.4. The van der Waals surface area contributed by atoms with Crippen LogP contribution in [0.15, 0.2) is 73.1 Å². The number of likely N-dealkylation sites (tertiary alicyclic amines) is 1. The summed E-state index contributed by atoms with van der Waals surface area (Å²) in [7, 11) is 1.69. The molecule has 1 saturated heterocycles. The van der Waals surface area contributed by atoms with Crippen LogP contribution in [-0.2, 0) is 0 Å². The molecule has 0 radical (unpaired) electrons. The SMILES string of the molecule is COc1ccccc1C(CNC(=O)c1ccc(Oc2cccnc2)cc1)N1CCCCC1. The highest BCUT2D eigenvalue weighted by Gasteiger charge is 2.25. The first-order chi connectivity index (χ1) is 15.7. The quantitative estimate of drug-likeness (QED) is 0.553. The topological polar surface area (TPSA) is 63.7 Å². The first-order valence-corrected chi connectivity index (χ1v) is 11.1. The Morgan fingerprint density at radius 2 is 1.78 bits per heavy atom. The van der Waals surface area contributed by atoms with Crippen molar-refractivity contribution in [1.29, 1.82) is 0 Å². The fraction of sp³-hybridized carbons (Fsp3) is 0.308. The van der Waals surface area contributed by atoms with Crippen molar-refractivity contribution in [2.24, 2.45) is 0 Å². The van der Waals surface area contributed by atoms with Gasteiger partial charge in [-0.25, -0.2) is 0 Å². The molecule has 0 spiro atoms. The fourth-order valence-corrected chi connectivity index (χ4v) is 4.12. The van der Waals surface area contributed by atoms with E-state index in [2.05, 4.69) is 21.3 Å². The number of rotatable bonds is 8. The molecule has 1 atom stereocenters. The van der Waals surface area contributed by atoms with E-state index >= 15 is 0 Å². The molecule has 1 aliphatic rings.